The first-order valence-electron chi connectivity index (χ1n) is 12.9. The van der Waals surface area contributed by atoms with Crippen LogP contribution in [0.15, 0.2) is 67.0 Å². The van der Waals surface area contributed by atoms with Crippen molar-refractivity contribution in [3.63, 3.8) is 0 Å². The van der Waals surface area contributed by atoms with Gasteiger partial charge >= 0.3 is 0 Å². The largest absolute Gasteiger partial charge is 0.390 e. The van der Waals surface area contributed by atoms with Gasteiger partial charge in [0.25, 0.3) is 0 Å². The maximum Gasteiger partial charge on any atom is 0.123 e. The van der Waals surface area contributed by atoms with Gasteiger partial charge in [-0.15, -0.1) is 0 Å². The predicted molar refractivity (Wildman–Crippen MR) is 136 cm³/mol. The van der Waals surface area contributed by atoms with Crippen LogP contribution in [0.3, 0.4) is 0 Å². The lowest BCUT2D eigenvalue weighted by atomic mass is 9.56. The van der Waals surface area contributed by atoms with Crippen LogP contribution in [0, 0.1) is 11.7 Å². The fourth-order valence-corrected chi connectivity index (χ4v) is 6.74. The molecular formula is C30H32FN3O. The van der Waals surface area contributed by atoms with E-state index >= 15 is 0 Å². The van der Waals surface area contributed by atoms with Gasteiger partial charge in [0.1, 0.15) is 5.82 Å². The Bertz CT molecular complexity index is 1350. The Morgan fingerprint density at radius 2 is 1.97 bits per heavy atom. The predicted octanol–water partition coefficient (Wildman–Crippen LogP) is 6.32. The van der Waals surface area contributed by atoms with E-state index in [0.717, 1.165) is 73.7 Å². The van der Waals surface area contributed by atoms with Crippen LogP contribution in [-0.2, 0) is 18.3 Å². The van der Waals surface area contributed by atoms with Gasteiger partial charge in [-0.2, -0.15) is 5.10 Å². The van der Waals surface area contributed by atoms with Crippen molar-refractivity contribution in [3.05, 3.63) is 89.6 Å². The molecule has 2 aromatic carbocycles. The molecular weight excluding hydrogens is 437 g/mol. The molecule has 1 N–H and O–H groups in total. The van der Waals surface area contributed by atoms with E-state index in [1.807, 2.05) is 23.1 Å². The van der Waals surface area contributed by atoms with E-state index in [1.165, 1.54) is 23.3 Å². The summed E-state index contributed by atoms with van der Waals surface area (Å²) in [6.45, 7) is 2.11. The molecule has 0 saturated heterocycles. The summed E-state index contributed by atoms with van der Waals surface area (Å²) in [6, 6.07) is 17.4. The summed E-state index contributed by atoms with van der Waals surface area (Å²) in [6.07, 6.45) is 11.4. The topological polar surface area (TPSA) is 50.9 Å². The van der Waals surface area contributed by atoms with Gasteiger partial charge in [0.2, 0.25) is 0 Å². The SMILES string of the molecule is CC[C@@]1(O)CC[C@@]2(Cc3ccccn3)c3cc4cnn(-c5ccc(F)cc5)c4cc3CCC[C@H]2C1. The zero-order valence-corrected chi connectivity index (χ0v) is 20.3. The molecule has 5 heteroatoms. The molecule has 35 heavy (non-hydrogen) atoms. The van der Waals surface area contributed by atoms with Gasteiger partial charge in [-0.1, -0.05) is 13.0 Å². The van der Waals surface area contributed by atoms with E-state index < -0.39 is 5.60 Å². The molecule has 0 aliphatic heterocycles. The minimum atomic E-state index is -0.569. The number of hydrogen-bond donors (Lipinski definition) is 1. The Morgan fingerprint density at radius 3 is 2.74 bits per heavy atom. The van der Waals surface area contributed by atoms with Crippen molar-refractivity contribution in [1.82, 2.24) is 14.8 Å². The molecule has 4 nitrogen and oxygen atoms in total. The van der Waals surface area contributed by atoms with E-state index in [2.05, 4.69) is 36.3 Å². The standard InChI is InChI=1S/C30H32FN3O/c1-2-29(35)13-14-30(19-25-8-3-4-15-32-25)23(18-29)7-5-6-21-17-28-22(16-27(21)30)20-33-34(28)26-11-9-24(31)10-12-26/h3-4,8-12,15-17,20,23,35H,2,5-7,13-14,18-19H2,1H3/t23-,29+,30-/m0/s1. The first kappa shape index (κ1) is 22.4. The third-order valence-corrected chi connectivity index (χ3v) is 8.72. The van der Waals surface area contributed by atoms with Crippen LogP contribution in [0.1, 0.15) is 62.3 Å². The molecule has 0 amide bonds. The number of halogens is 1. The summed E-state index contributed by atoms with van der Waals surface area (Å²) in [7, 11) is 0. The molecule has 6 rings (SSSR count). The number of nitrogens with zero attached hydrogens (tertiary/aromatic N) is 3. The lowest BCUT2D eigenvalue weighted by Gasteiger charge is -2.50. The van der Waals surface area contributed by atoms with Gasteiger partial charge in [-0.3, -0.25) is 4.98 Å². The van der Waals surface area contributed by atoms with Gasteiger partial charge in [-0.25, -0.2) is 9.07 Å². The fourth-order valence-electron chi connectivity index (χ4n) is 6.74. The molecule has 180 valence electrons. The van der Waals surface area contributed by atoms with E-state index in [0.29, 0.717) is 5.92 Å². The minimum Gasteiger partial charge on any atom is -0.390 e. The molecule has 2 aliphatic rings. The van der Waals surface area contributed by atoms with Crippen LogP contribution in [0.25, 0.3) is 16.6 Å². The van der Waals surface area contributed by atoms with E-state index in [-0.39, 0.29) is 11.2 Å². The number of aryl methyl sites for hydroxylation is 1. The van der Waals surface area contributed by atoms with Gasteiger partial charge in [0.15, 0.2) is 0 Å². The summed E-state index contributed by atoms with van der Waals surface area (Å²) in [5.41, 5.74) is 5.21. The third-order valence-electron chi connectivity index (χ3n) is 8.72. The summed E-state index contributed by atoms with van der Waals surface area (Å²) >= 11 is 0. The van der Waals surface area contributed by atoms with Crippen molar-refractivity contribution in [3.8, 4) is 5.69 Å². The first-order valence-corrected chi connectivity index (χ1v) is 12.9. The zero-order valence-electron chi connectivity index (χ0n) is 20.3. The second-order valence-electron chi connectivity index (χ2n) is 10.6. The number of fused-ring (bicyclic) bond motifs is 4. The number of aliphatic hydroxyl groups is 1. The Kier molecular flexibility index (Phi) is 5.48. The highest BCUT2D eigenvalue weighted by Gasteiger charge is 2.50. The van der Waals surface area contributed by atoms with Crippen LogP contribution >= 0.6 is 0 Å². The van der Waals surface area contributed by atoms with Crippen LogP contribution in [0.5, 0.6) is 0 Å². The van der Waals surface area contributed by atoms with E-state index in [1.54, 1.807) is 12.1 Å². The second kappa shape index (κ2) is 8.56. The Labute approximate surface area is 205 Å². The molecule has 3 atom stereocenters. The molecule has 2 heterocycles. The van der Waals surface area contributed by atoms with Crippen molar-refractivity contribution in [2.24, 2.45) is 5.92 Å². The average molecular weight is 470 g/mol. The summed E-state index contributed by atoms with van der Waals surface area (Å²) in [4.78, 5) is 4.72. The number of hydrogen-bond acceptors (Lipinski definition) is 3. The van der Waals surface area contributed by atoms with E-state index in [4.69, 9.17) is 4.98 Å². The molecule has 2 aromatic heterocycles. The molecule has 0 bridgehead atoms. The van der Waals surface area contributed by atoms with Gasteiger partial charge in [0, 0.05) is 22.7 Å². The zero-order chi connectivity index (χ0) is 24.0. The van der Waals surface area contributed by atoms with Crippen molar-refractivity contribution < 1.29 is 9.50 Å². The summed E-state index contributed by atoms with van der Waals surface area (Å²) in [5.74, 6) is 0.167. The molecule has 0 radical (unpaired) electrons. The maximum atomic E-state index is 13.5. The van der Waals surface area contributed by atoms with Crippen LogP contribution in [0.4, 0.5) is 4.39 Å². The number of benzene rings is 2. The summed E-state index contributed by atoms with van der Waals surface area (Å²) in [5, 5.41) is 17.1. The highest BCUT2D eigenvalue weighted by Crippen LogP contribution is 2.54. The smallest absolute Gasteiger partial charge is 0.123 e. The summed E-state index contributed by atoms with van der Waals surface area (Å²) < 4.78 is 15.4. The minimum absolute atomic E-state index is 0.0479. The monoisotopic (exact) mass is 469 g/mol. The molecule has 2 aliphatic carbocycles. The Morgan fingerprint density at radius 1 is 1.11 bits per heavy atom. The number of rotatable bonds is 4. The molecule has 4 aromatic rings. The van der Waals surface area contributed by atoms with Crippen LogP contribution in [-0.4, -0.2) is 25.5 Å². The van der Waals surface area contributed by atoms with Crippen LogP contribution < -0.4 is 0 Å². The van der Waals surface area contributed by atoms with Gasteiger partial charge in [-0.05, 0) is 117 Å². The molecule has 1 fully saturated rings. The Hall–Kier alpha value is -3.05. The van der Waals surface area contributed by atoms with Crippen molar-refractivity contribution in [1.29, 1.82) is 0 Å². The lowest BCUT2D eigenvalue weighted by Crippen LogP contribution is -2.49. The van der Waals surface area contributed by atoms with Crippen molar-refractivity contribution in [2.45, 2.75) is 69.3 Å². The lowest BCUT2D eigenvalue weighted by molar-refractivity contribution is -0.0499. The highest BCUT2D eigenvalue weighted by molar-refractivity contribution is 5.82. The number of pyridine rings is 1. The van der Waals surface area contributed by atoms with Crippen LogP contribution in [0.2, 0.25) is 0 Å². The van der Waals surface area contributed by atoms with Gasteiger partial charge < -0.3 is 5.11 Å². The molecule has 1 saturated carbocycles. The molecule has 0 unspecified atom stereocenters. The average Bonchev–Trinajstić information content (AvgIpc) is 3.23. The maximum absolute atomic E-state index is 13.5. The third kappa shape index (κ3) is 3.86. The first-order chi connectivity index (χ1) is 17.0. The van der Waals surface area contributed by atoms with Crippen molar-refractivity contribution in [2.75, 3.05) is 0 Å². The highest BCUT2D eigenvalue weighted by atomic mass is 19.1. The second-order valence-corrected chi connectivity index (χ2v) is 10.6. The van der Waals surface area contributed by atoms with Crippen molar-refractivity contribution >= 4 is 10.9 Å². The number of aromatic nitrogens is 3. The van der Waals surface area contributed by atoms with Gasteiger partial charge in [0.05, 0.1) is 23.0 Å². The fraction of sp³-hybridized carbons (Fsp3) is 0.400. The Balaban J connectivity index is 1.51. The molecule has 0 spiro atoms. The quantitative estimate of drug-likeness (QED) is 0.381. The normalized spacial score (nSPS) is 26.2. The van der Waals surface area contributed by atoms with E-state index in [9.17, 15) is 9.50 Å².